The number of ether oxygens (including phenoxy) is 1. The molecule has 0 aromatic carbocycles. The molecule has 102 valence electrons. The average Bonchev–Trinajstić information content (AvgIpc) is 2.87. The van der Waals surface area contributed by atoms with Gasteiger partial charge in [-0.05, 0) is 38.1 Å². The van der Waals surface area contributed by atoms with Crippen LogP contribution in [0.1, 0.15) is 50.2 Å². The van der Waals surface area contributed by atoms with Gasteiger partial charge in [0, 0.05) is 19.0 Å². The van der Waals surface area contributed by atoms with Crippen molar-refractivity contribution in [2.45, 2.75) is 51.7 Å². The molecule has 1 aliphatic rings. The maximum absolute atomic E-state index is 5.86. The van der Waals surface area contributed by atoms with E-state index in [4.69, 9.17) is 9.72 Å². The minimum absolute atomic E-state index is 0.109. The summed E-state index contributed by atoms with van der Waals surface area (Å²) in [5.74, 6) is 0.828. The van der Waals surface area contributed by atoms with Crippen LogP contribution in [0.25, 0.3) is 0 Å². The van der Waals surface area contributed by atoms with Gasteiger partial charge in [-0.25, -0.2) is 4.98 Å². The van der Waals surface area contributed by atoms with Crippen LogP contribution in [0.2, 0.25) is 0 Å². The normalized spacial score (nSPS) is 28.5. The maximum Gasteiger partial charge on any atom is 0.125 e. The number of thiazole rings is 1. The first-order valence-electron chi connectivity index (χ1n) is 6.91. The van der Waals surface area contributed by atoms with E-state index in [1.54, 1.807) is 11.3 Å². The zero-order valence-corrected chi connectivity index (χ0v) is 12.5. The third kappa shape index (κ3) is 2.92. The van der Waals surface area contributed by atoms with Crippen LogP contribution in [-0.4, -0.2) is 18.6 Å². The molecule has 18 heavy (non-hydrogen) atoms. The van der Waals surface area contributed by atoms with Crippen LogP contribution in [0, 0.1) is 5.92 Å². The van der Waals surface area contributed by atoms with Crippen LogP contribution >= 0.6 is 11.3 Å². The molecular formula is C14H24N2OS. The fraction of sp³-hybridized carbons (Fsp3) is 0.786. The van der Waals surface area contributed by atoms with Gasteiger partial charge in [-0.2, -0.15) is 0 Å². The monoisotopic (exact) mass is 268 g/mol. The zero-order chi connectivity index (χ0) is 13.0. The summed E-state index contributed by atoms with van der Waals surface area (Å²) >= 11 is 1.76. The van der Waals surface area contributed by atoms with Crippen molar-refractivity contribution in [3.05, 3.63) is 16.1 Å². The number of methoxy groups -OCH3 is 1. The number of hydrogen-bond donors (Lipinski definition) is 1. The molecule has 0 amide bonds. The molecule has 0 spiro atoms. The van der Waals surface area contributed by atoms with E-state index in [1.165, 1.54) is 17.8 Å². The molecule has 1 aromatic heterocycles. The highest BCUT2D eigenvalue weighted by Crippen LogP contribution is 2.43. The lowest BCUT2D eigenvalue weighted by molar-refractivity contribution is -0.0531. The standard InChI is InChI=1S/C14H24N2OS/c1-4-15-9-12-10-18-13(16-12)14(17-3)7-5-11(2)6-8-14/h10-11,15H,4-9H2,1-3H3. The van der Waals surface area contributed by atoms with E-state index in [0.29, 0.717) is 0 Å². The van der Waals surface area contributed by atoms with E-state index in [0.717, 1.165) is 37.5 Å². The zero-order valence-electron chi connectivity index (χ0n) is 11.7. The van der Waals surface area contributed by atoms with Crippen LogP contribution in [0.4, 0.5) is 0 Å². The lowest BCUT2D eigenvalue weighted by atomic mass is 9.80. The molecule has 1 aromatic rings. The fourth-order valence-electron chi connectivity index (χ4n) is 2.58. The van der Waals surface area contributed by atoms with Crippen molar-refractivity contribution in [3.63, 3.8) is 0 Å². The molecule has 3 nitrogen and oxygen atoms in total. The fourth-order valence-corrected chi connectivity index (χ4v) is 3.64. The van der Waals surface area contributed by atoms with Gasteiger partial charge in [0.05, 0.1) is 5.69 Å². The summed E-state index contributed by atoms with van der Waals surface area (Å²) in [6.45, 7) is 6.30. The van der Waals surface area contributed by atoms with Gasteiger partial charge < -0.3 is 10.1 Å². The van der Waals surface area contributed by atoms with Crippen LogP contribution < -0.4 is 5.32 Å². The number of hydrogen-bond acceptors (Lipinski definition) is 4. The molecule has 0 unspecified atom stereocenters. The maximum atomic E-state index is 5.86. The Morgan fingerprint density at radius 1 is 1.50 bits per heavy atom. The summed E-state index contributed by atoms with van der Waals surface area (Å²) < 4.78 is 5.86. The number of rotatable bonds is 5. The molecule has 0 saturated heterocycles. The van der Waals surface area contributed by atoms with Crippen molar-refractivity contribution in [2.75, 3.05) is 13.7 Å². The molecule has 1 fully saturated rings. The molecule has 1 saturated carbocycles. The number of nitrogens with one attached hydrogen (secondary N) is 1. The minimum atomic E-state index is -0.109. The Morgan fingerprint density at radius 2 is 2.22 bits per heavy atom. The second-order valence-electron chi connectivity index (χ2n) is 5.31. The Bertz CT molecular complexity index is 370. The van der Waals surface area contributed by atoms with Gasteiger partial charge in [0.1, 0.15) is 10.6 Å². The Labute approximate surface area is 114 Å². The van der Waals surface area contributed by atoms with Gasteiger partial charge in [-0.15, -0.1) is 11.3 Å². The van der Waals surface area contributed by atoms with Gasteiger partial charge in [0.25, 0.3) is 0 Å². The first-order chi connectivity index (χ1) is 8.70. The summed E-state index contributed by atoms with van der Waals surface area (Å²) in [6, 6.07) is 0. The molecular weight excluding hydrogens is 244 g/mol. The van der Waals surface area contributed by atoms with E-state index in [-0.39, 0.29) is 5.60 Å². The highest BCUT2D eigenvalue weighted by molar-refractivity contribution is 7.09. The third-order valence-electron chi connectivity index (χ3n) is 3.97. The van der Waals surface area contributed by atoms with Crippen molar-refractivity contribution >= 4 is 11.3 Å². The first kappa shape index (κ1) is 14.0. The summed E-state index contributed by atoms with van der Waals surface area (Å²) in [7, 11) is 1.83. The van der Waals surface area contributed by atoms with Gasteiger partial charge in [-0.1, -0.05) is 13.8 Å². The second-order valence-corrected chi connectivity index (χ2v) is 6.16. The first-order valence-corrected chi connectivity index (χ1v) is 7.79. The van der Waals surface area contributed by atoms with E-state index in [9.17, 15) is 0 Å². The highest BCUT2D eigenvalue weighted by Gasteiger charge is 2.38. The van der Waals surface area contributed by atoms with Gasteiger partial charge >= 0.3 is 0 Å². The second kappa shape index (κ2) is 6.13. The quantitative estimate of drug-likeness (QED) is 0.889. The largest absolute Gasteiger partial charge is 0.371 e. The molecule has 1 heterocycles. The Kier molecular flexibility index (Phi) is 4.76. The smallest absolute Gasteiger partial charge is 0.125 e. The van der Waals surface area contributed by atoms with Crippen LogP contribution in [0.15, 0.2) is 5.38 Å². The Morgan fingerprint density at radius 3 is 2.83 bits per heavy atom. The SMILES string of the molecule is CCNCc1csc(C2(OC)CCC(C)CC2)n1. The Balaban J connectivity index is 2.09. The van der Waals surface area contributed by atoms with E-state index in [1.807, 2.05) is 7.11 Å². The predicted octanol–water partition coefficient (Wildman–Crippen LogP) is 3.30. The van der Waals surface area contributed by atoms with E-state index in [2.05, 4.69) is 24.5 Å². The van der Waals surface area contributed by atoms with Crippen molar-refractivity contribution < 1.29 is 4.74 Å². The van der Waals surface area contributed by atoms with Crippen molar-refractivity contribution in [1.29, 1.82) is 0 Å². The molecule has 4 heteroatoms. The van der Waals surface area contributed by atoms with E-state index < -0.39 is 0 Å². The molecule has 1 N–H and O–H groups in total. The molecule has 0 bridgehead atoms. The molecule has 1 aliphatic carbocycles. The lowest BCUT2D eigenvalue weighted by Gasteiger charge is -2.36. The van der Waals surface area contributed by atoms with Crippen LogP contribution in [-0.2, 0) is 16.9 Å². The molecule has 0 radical (unpaired) electrons. The summed E-state index contributed by atoms with van der Waals surface area (Å²) in [6.07, 6.45) is 4.71. The third-order valence-corrected chi connectivity index (χ3v) is 5.05. The lowest BCUT2D eigenvalue weighted by Crippen LogP contribution is -2.33. The van der Waals surface area contributed by atoms with Crippen LogP contribution in [0.3, 0.4) is 0 Å². The van der Waals surface area contributed by atoms with Gasteiger partial charge in [-0.3, -0.25) is 0 Å². The van der Waals surface area contributed by atoms with E-state index >= 15 is 0 Å². The summed E-state index contributed by atoms with van der Waals surface area (Å²) in [5, 5.41) is 6.66. The summed E-state index contributed by atoms with van der Waals surface area (Å²) in [4.78, 5) is 4.77. The van der Waals surface area contributed by atoms with Crippen LogP contribution in [0.5, 0.6) is 0 Å². The van der Waals surface area contributed by atoms with Gasteiger partial charge in [0.2, 0.25) is 0 Å². The van der Waals surface area contributed by atoms with Crippen molar-refractivity contribution in [2.24, 2.45) is 5.92 Å². The minimum Gasteiger partial charge on any atom is -0.371 e. The number of aromatic nitrogens is 1. The Hall–Kier alpha value is -0.450. The average molecular weight is 268 g/mol. The molecule has 2 rings (SSSR count). The summed E-state index contributed by atoms with van der Waals surface area (Å²) in [5.41, 5.74) is 1.04. The highest BCUT2D eigenvalue weighted by atomic mass is 32.1. The number of nitrogens with zero attached hydrogens (tertiary/aromatic N) is 1. The topological polar surface area (TPSA) is 34.1 Å². The van der Waals surface area contributed by atoms with Crippen molar-refractivity contribution in [3.8, 4) is 0 Å². The molecule has 0 aliphatic heterocycles. The van der Waals surface area contributed by atoms with Crippen molar-refractivity contribution in [1.82, 2.24) is 10.3 Å². The van der Waals surface area contributed by atoms with Gasteiger partial charge in [0.15, 0.2) is 0 Å². The molecule has 0 atom stereocenters. The predicted molar refractivity (Wildman–Crippen MR) is 75.8 cm³/mol.